The molecule has 0 spiro atoms. The molecule has 1 saturated heterocycles. The van der Waals surface area contributed by atoms with Crippen LogP contribution in [0.1, 0.15) is 11.1 Å². The van der Waals surface area contributed by atoms with Gasteiger partial charge >= 0.3 is 6.01 Å². The van der Waals surface area contributed by atoms with E-state index in [1.807, 2.05) is 30.3 Å². The maximum absolute atomic E-state index is 12.1. The number of piperazine rings is 1. The van der Waals surface area contributed by atoms with E-state index >= 15 is 0 Å². The summed E-state index contributed by atoms with van der Waals surface area (Å²) in [4.78, 5) is 25.7. The zero-order chi connectivity index (χ0) is 22.4. The Morgan fingerprint density at radius 2 is 1.67 bits per heavy atom. The maximum atomic E-state index is 12.1. The van der Waals surface area contributed by atoms with Gasteiger partial charge in [-0.1, -0.05) is 18.2 Å². The van der Waals surface area contributed by atoms with Crippen molar-refractivity contribution in [1.29, 1.82) is 0 Å². The molecule has 0 amide bonds. The Kier molecular flexibility index (Phi) is 4.74. The fourth-order valence-corrected chi connectivity index (χ4v) is 4.34. The van der Waals surface area contributed by atoms with Crippen molar-refractivity contribution in [1.82, 2.24) is 30.6 Å². The number of H-pyrrole nitrogens is 2. The van der Waals surface area contributed by atoms with E-state index in [4.69, 9.17) is 15.2 Å². The standard InChI is InChI=1S/C23H23N7O3/c24-22-28-20-19(21(31)30-22)27-23(29-20)33-17-6-3-13-8-15-11-25-14(10-26-15)7-12-1-4-16(5-2-12)32-18(17)9-13/h1-6,9,14-15,25-26H,7-8,10-11H2,(H4,24,27,28,29,30,31)/t14-,15-/m0/s1. The Morgan fingerprint density at radius 1 is 0.939 bits per heavy atom. The number of hydrogen-bond donors (Lipinski definition) is 5. The minimum atomic E-state index is -0.413. The van der Waals surface area contributed by atoms with Crippen LogP contribution in [0, 0.1) is 0 Å². The lowest BCUT2D eigenvalue weighted by Gasteiger charge is -2.32. The van der Waals surface area contributed by atoms with Crippen LogP contribution in [0.4, 0.5) is 5.95 Å². The van der Waals surface area contributed by atoms with Gasteiger partial charge in [-0.25, -0.2) is 0 Å². The highest BCUT2D eigenvalue weighted by Crippen LogP contribution is 2.36. The normalized spacial score (nSPS) is 19.9. The molecule has 1 fully saturated rings. The maximum Gasteiger partial charge on any atom is 0.302 e. The van der Waals surface area contributed by atoms with E-state index in [0.717, 1.165) is 31.5 Å². The van der Waals surface area contributed by atoms with Gasteiger partial charge in [0, 0.05) is 25.2 Å². The highest BCUT2D eigenvalue weighted by Gasteiger charge is 2.22. The molecule has 33 heavy (non-hydrogen) atoms. The SMILES string of the molecule is Nc1nc2nc(Oc3ccc4cc3Oc3ccc(cc3)C[C@H]3CN[C@H](CN3)C4)[nH]c2c(=O)[nH]1. The van der Waals surface area contributed by atoms with E-state index < -0.39 is 5.56 Å². The number of nitrogens with one attached hydrogen (secondary N) is 4. The number of rotatable bonds is 2. The molecule has 10 nitrogen and oxygen atoms in total. The molecule has 2 atom stereocenters. The number of nitrogen functional groups attached to an aromatic ring is 1. The number of hydrogen-bond acceptors (Lipinski definition) is 8. The van der Waals surface area contributed by atoms with Crippen LogP contribution in [0.5, 0.6) is 23.3 Å². The van der Waals surface area contributed by atoms with Gasteiger partial charge in [0.15, 0.2) is 22.7 Å². The van der Waals surface area contributed by atoms with E-state index in [0.29, 0.717) is 29.3 Å². The van der Waals surface area contributed by atoms with Gasteiger partial charge in [-0.05, 0) is 48.2 Å². The van der Waals surface area contributed by atoms with Crippen molar-refractivity contribution in [2.75, 3.05) is 18.8 Å². The predicted octanol–water partition coefficient (Wildman–Crippen LogP) is 1.84. The van der Waals surface area contributed by atoms with Crippen LogP contribution in [-0.2, 0) is 12.8 Å². The summed E-state index contributed by atoms with van der Waals surface area (Å²) < 4.78 is 12.2. The summed E-state index contributed by atoms with van der Waals surface area (Å²) in [5.41, 5.74) is 7.95. The Hall–Kier alpha value is -3.89. The van der Waals surface area contributed by atoms with Gasteiger partial charge < -0.3 is 30.8 Å². The number of aromatic amines is 2. The molecule has 6 N–H and O–H groups in total. The van der Waals surface area contributed by atoms with Gasteiger partial charge in [-0.3, -0.25) is 9.78 Å². The molecular weight excluding hydrogens is 422 g/mol. The molecule has 4 aromatic rings. The number of benzene rings is 2. The van der Waals surface area contributed by atoms with Gasteiger partial charge in [0.05, 0.1) is 0 Å². The summed E-state index contributed by atoms with van der Waals surface area (Å²) in [5.74, 6) is 1.73. The zero-order valence-electron chi connectivity index (χ0n) is 17.7. The average Bonchev–Trinajstić information content (AvgIpc) is 3.21. The highest BCUT2D eigenvalue weighted by molar-refractivity contribution is 5.71. The second-order valence-electron chi connectivity index (χ2n) is 8.44. The number of nitrogens with zero attached hydrogens (tertiary/aromatic N) is 2. The van der Waals surface area contributed by atoms with Gasteiger partial charge in [0.25, 0.3) is 5.56 Å². The topological polar surface area (TPSA) is 143 Å². The Bertz CT molecular complexity index is 1370. The van der Waals surface area contributed by atoms with Gasteiger partial charge in [0.2, 0.25) is 5.95 Å². The van der Waals surface area contributed by atoms with E-state index in [-0.39, 0.29) is 23.1 Å². The smallest absolute Gasteiger partial charge is 0.302 e. The number of anilines is 1. The predicted molar refractivity (Wildman–Crippen MR) is 123 cm³/mol. The second-order valence-corrected chi connectivity index (χ2v) is 8.44. The summed E-state index contributed by atoms with van der Waals surface area (Å²) in [6.45, 7) is 1.83. The highest BCUT2D eigenvalue weighted by atomic mass is 16.5. The largest absolute Gasteiger partial charge is 0.453 e. The minimum Gasteiger partial charge on any atom is -0.453 e. The molecule has 0 radical (unpaired) electrons. The van der Waals surface area contributed by atoms with Crippen molar-refractivity contribution in [2.24, 2.45) is 0 Å². The summed E-state index contributed by atoms with van der Waals surface area (Å²) in [5, 5.41) is 7.31. The average molecular weight is 445 g/mol. The van der Waals surface area contributed by atoms with E-state index in [1.54, 1.807) is 0 Å². The fourth-order valence-electron chi connectivity index (χ4n) is 4.34. The molecule has 2 aromatic carbocycles. The third kappa shape index (κ3) is 4.01. The lowest BCUT2D eigenvalue weighted by molar-refractivity contribution is 0.341. The molecule has 9 rings (SSSR count). The number of aromatic nitrogens is 4. The molecule has 6 bridgehead atoms. The van der Waals surface area contributed by atoms with Crippen LogP contribution in [0.25, 0.3) is 11.2 Å². The van der Waals surface area contributed by atoms with E-state index in [9.17, 15) is 4.79 Å². The van der Waals surface area contributed by atoms with Crippen molar-refractivity contribution in [3.63, 3.8) is 0 Å². The first-order valence-electron chi connectivity index (χ1n) is 10.9. The van der Waals surface area contributed by atoms with E-state index in [2.05, 4.69) is 42.7 Å². The van der Waals surface area contributed by atoms with Crippen molar-refractivity contribution in [3.05, 3.63) is 63.9 Å². The van der Waals surface area contributed by atoms with Crippen molar-refractivity contribution in [2.45, 2.75) is 24.9 Å². The third-order valence-electron chi connectivity index (χ3n) is 5.99. The van der Waals surface area contributed by atoms with Gasteiger partial charge in [-0.15, -0.1) is 0 Å². The van der Waals surface area contributed by atoms with Gasteiger partial charge in [0.1, 0.15) is 5.75 Å². The second kappa shape index (κ2) is 7.91. The molecule has 7 heterocycles. The van der Waals surface area contributed by atoms with Crippen molar-refractivity contribution >= 4 is 17.1 Å². The van der Waals surface area contributed by atoms with Crippen LogP contribution in [-0.4, -0.2) is 45.1 Å². The summed E-state index contributed by atoms with van der Waals surface area (Å²) in [6, 6.07) is 14.8. The molecule has 0 saturated carbocycles. The lowest BCUT2D eigenvalue weighted by atomic mass is 9.99. The van der Waals surface area contributed by atoms with Crippen LogP contribution >= 0.6 is 0 Å². The molecular formula is C23H23N7O3. The van der Waals surface area contributed by atoms with Crippen LogP contribution in [0.2, 0.25) is 0 Å². The number of nitrogens with two attached hydrogens (primary N) is 1. The molecule has 168 valence electrons. The summed E-state index contributed by atoms with van der Waals surface area (Å²) >= 11 is 0. The molecule has 0 aliphatic carbocycles. The first kappa shape index (κ1) is 19.8. The van der Waals surface area contributed by atoms with Crippen molar-refractivity contribution in [3.8, 4) is 23.3 Å². The first-order chi connectivity index (χ1) is 16.1. The molecule has 10 heteroatoms. The quantitative estimate of drug-likeness (QED) is 0.315. The monoisotopic (exact) mass is 445 g/mol. The molecule has 5 aliphatic rings. The fraction of sp³-hybridized carbons (Fsp3) is 0.261. The number of fused-ring (bicyclic) bond motifs is 1. The Balaban J connectivity index is 1.37. The van der Waals surface area contributed by atoms with Gasteiger partial charge in [-0.2, -0.15) is 9.97 Å². The van der Waals surface area contributed by atoms with Crippen LogP contribution < -0.4 is 31.4 Å². The summed E-state index contributed by atoms with van der Waals surface area (Å²) in [7, 11) is 0. The van der Waals surface area contributed by atoms with Crippen LogP contribution in [0.3, 0.4) is 0 Å². The van der Waals surface area contributed by atoms with Crippen LogP contribution in [0.15, 0.2) is 47.3 Å². The zero-order valence-corrected chi connectivity index (χ0v) is 17.7. The third-order valence-corrected chi connectivity index (χ3v) is 5.99. The number of ether oxygens (including phenoxy) is 2. The lowest BCUT2D eigenvalue weighted by Crippen LogP contribution is -2.55. The minimum absolute atomic E-state index is 0.00679. The molecule has 2 aromatic heterocycles. The van der Waals surface area contributed by atoms with Crippen molar-refractivity contribution < 1.29 is 9.47 Å². The summed E-state index contributed by atoms with van der Waals surface area (Å²) in [6.07, 6.45) is 1.82. The Labute approximate surface area is 188 Å². The molecule has 0 unspecified atom stereocenters. The molecule has 5 aliphatic heterocycles. The Morgan fingerprint density at radius 3 is 2.42 bits per heavy atom. The first-order valence-corrected chi connectivity index (χ1v) is 10.9. The number of imidazole rings is 1. The van der Waals surface area contributed by atoms with E-state index in [1.165, 1.54) is 5.56 Å².